The monoisotopic (exact) mass is 270 g/mol. The molecular formula is C14H20F2N2O. The van der Waals surface area contributed by atoms with Gasteiger partial charge < -0.3 is 10.5 Å². The van der Waals surface area contributed by atoms with Crippen molar-refractivity contribution in [3.8, 4) is 5.75 Å². The first-order chi connectivity index (χ1) is 9.00. The van der Waals surface area contributed by atoms with E-state index >= 15 is 0 Å². The Bertz CT molecular complexity index is 428. The van der Waals surface area contributed by atoms with Gasteiger partial charge in [-0.05, 0) is 42.6 Å². The van der Waals surface area contributed by atoms with Crippen LogP contribution in [0.15, 0.2) is 24.3 Å². The van der Waals surface area contributed by atoms with Gasteiger partial charge in [0.2, 0.25) is 0 Å². The van der Waals surface area contributed by atoms with Gasteiger partial charge in [0, 0.05) is 13.1 Å². The summed E-state index contributed by atoms with van der Waals surface area (Å²) in [5.41, 5.74) is 6.94. The molecule has 1 aliphatic rings. The lowest BCUT2D eigenvalue weighted by atomic mass is 9.90. The molecule has 0 saturated carbocycles. The van der Waals surface area contributed by atoms with Gasteiger partial charge in [-0.25, -0.2) is 0 Å². The van der Waals surface area contributed by atoms with Gasteiger partial charge in [-0.15, -0.1) is 0 Å². The largest absolute Gasteiger partial charge is 0.435 e. The average Bonchev–Trinajstić information content (AvgIpc) is 2.71. The molecule has 1 atom stereocenters. The predicted octanol–water partition coefficient (Wildman–Crippen LogP) is 2.46. The first-order valence-electron chi connectivity index (χ1n) is 6.47. The summed E-state index contributed by atoms with van der Waals surface area (Å²) in [7, 11) is 0. The fourth-order valence-electron chi connectivity index (χ4n) is 2.51. The number of nitrogens with two attached hydrogens (primary N) is 1. The van der Waals surface area contributed by atoms with Crippen LogP contribution in [0, 0.1) is 5.41 Å². The van der Waals surface area contributed by atoms with E-state index in [0.29, 0.717) is 6.54 Å². The van der Waals surface area contributed by atoms with Gasteiger partial charge >= 0.3 is 6.61 Å². The van der Waals surface area contributed by atoms with Gasteiger partial charge in [0.1, 0.15) is 5.75 Å². The molecule has 1 heterocycles. The lowest BCUT2D eigenvalue weighted by Crippen LogP contribution is -2.31. The molecule has 2 rings (SSSR count). The molecule has 1 saturated heterocycles. The van der Waals surface area contributed by atoms with E-state index in [4.69, 9.17) is 5.73 Å². The molecule has 0 amide bonds. The third kappa shape index (κ3) is 3.88. The maximum Gasteiger partial charge on any atom is 0.387 e. The topological polar surface area (TPSA) is 38.5 Å². The molecule has 2 N–H and O–H groups in total. The summed E-state index contributed by atoms with van der Waals surface area (Å²) in [6, 6.07) is 6.88. The molecule has 106 valence electrons. The van der Waals surface area contributed by atoms with Crippen molar-refractivity contribution in [2.45, 2.75) is 26.5 Å². The van der Waals surface area contributed by atoms with Crippen LogP contribution in [0.3, 0.4) is 0 Å². The number of hydrogen-bond acceptors (Lipinski definition) is 3. The smallest absolute Gasteiger partial charge is 0.387 e. The summed E-state index contributed by atoms with van der Waals surface area (Å²) >= 11 is 0. The van der Waals surface area contributed by atoms with Crippen molar-refractivity contribution in [1.29, 1.82) is 0 Å². The fraction of sp³-hybridized carbons (Fsp3) is 0.571. The lowest BCUT2D eigenvalue weighted by molar-refractivity contribution is -0.0499. The highest BCUT2D eigenvalue weighted by atomic mass is 19.3. The maximum absolute atomic E-state index is 12.2. The van der Waals surface area contributed by atoms with Crippen LogP contribution in [0.25, 0.3) is 0 Å². The van der Waals surface area contributed by atoms with E-state index in [1.165, 1.54) is 0 Å². The number of halogens is 2. The zero-order valence-electron chi connectivity index (χ0n) is 11.1. The Morgan fingerprint density at radius 1 is 1.47 bits per heavy atom. The molecule has 0 aliphatic carbocycles. The van der Waals surface area contributed by atoms with Gasteiger partial charge in [0.15, 0.2) is 0 Å². The first kappa shape index (κ1) is 14.2. The predicted molar refractivity (Wildman–Crippen MR) is 70.1 cm³/mol. The zero-order valence-corrected chi connectivity index (χ0v) is 11.1. The van der Waals surface area contributed by atoms with Crippen molar-refractivity contribution >= 4 is 0 Å². The van der Waals surface area contributed by atoms with Crippen molar-refractivity contribution < 1.29 is 13.5 Å². The van der Waals surface area contributed by atoms with E-state index < -0.39 is 6.61 Å². The Kier molecular flexibility index (Phi) is 4.37. The number of alkyl halides is 2. The third-order valence-corrected chi connectivity index (χ3v) is 3.66. The van der Waals surface area contributed by atoms with Crippen LogP contribution < -0.4 is 10.5 Å². The number of rotatable bonds is 5. The van der Waals surface area contributed by atoms with Gasteiger partial charge in [-0.2, -0.15) is 8.78 Å². The van der Waals surface area contributed by atoms with Crippen molar-refractivity contribution in [3.63, 3.8) is 0 Å². The minimum atomic E-state index is -2.78. The Hall–Kier alpha value is -1.20. The second-order valence-corrected chi connectivity index (χ2v) is 5.50. The minimum Gasteiger partial charge on any atom is -0.435 e. The van der Waals surface area contributed by atoms with Gasteiger partial charge in [0.05, 0.1) is 0 Å². The minimum absolute atomic E-state index is 0.178. The van der Waals surface area contributed by atoms with E-state index in [1.807, 2.05) is 6.07 Å². The summed E-state index contributed by atoms with van der Waals surface area (Å²) in [6.07, 6.45) is 1.08. The quantitative estimate of drug-likeness (QED) is 0.893. The highest BCUT2D eigenvalue weighted by molar-refractivity contribution is 5.28. The van der Waals surface area contributed by atoms with Gasteiger partial charge in [0.25, 0.3) is 0 Å². The highest BCUT2D eigenvalue weighted by Gasteiger charge is 2.32. The van der Waals surface area contributed by atoms with Gasteiger partial charge in [-0.3, -0.25) is 4.90 Å². The lowest BCUT2D eigenvalue weighted by Gasteiger charge is -2.22. The van der Waals surface area contributed by atoms with E-state index in [1.54, 1.807) is 18.2 Å². The first-order valence-corrected chi connectivity index (χ1v) is 6.47. The molecule has 0 bridgehead atoms. The Morgan fingerprint density at radius 3 is 2.89 bits per heavy atom. The number of benzene rings is 1. The van der Waals surface area contributed by atoms with E-state index in [2.05, 4.69) is 16.6 Å². The summed E-state index contributed by atoms with van der Waals surface area (Å²) in [5, 5.41) is 0. The van der Waals surface area contributed by atoms with Crippen LogP contribution in [0.2, 0.25) is 0 Å². The molecule has 1 unspecified atom stereocenters. The van der Waals surface area contributed by atoms with Crippen molar-refractivity contribution in [1.82, 2.24) is 4.90 Å². The number of likely N-dealkylation sites (tertiary alicyclic amines) is 1. The van der Waals surface area contributed by atoms with Gasteiger partial charge in [-0.1, -0.05) is 19.1 Å². The number of ether oxygens (including phenoxy) is 1. The van der Waals surface area contributed by atoms with Crippen LogP contribution >= 0.6 is 0 Å². The van der Waals surface area contributed by atoms with Crippen LogP contribution in [0.1, 0.15) is 18.9 Å². The van der Waals surface area contributed by atoms with E-state index in [0.717, 1.165) is 31.6 Å². The molecule has 19 heavy (non-hydrogen) atoms. The van der Waals surface area contributed by atoms with Crippen LogP contribution in [-0.2, 0) is 6.54 Å². The molecule has 0 spiro atoms. The molecule has 5 heteroatoms. The molecule has 1 aromatic carbocycles. The normalized spacial score (nSPS) is 24.1. The molecular weight excluding hydrogens is 250 g/mol. The van der Waals surface area contributed by atoms with E-state index in [-0.39, 0.29) is 11.2 Å². The molecule has 1 aliphatic heterocycles. The molecule has 3 nitrogen and oxygen atoms in total. The second-order valence-electron chi connectivity index (χ2n) is 5.50. The second kappa shape index (κ2) is 5.84. The Labute approximate surface area is 112 Å². The number of nitrogens with zero attached hydrogens (tertiary/aromatic N) is 1. The molecule has 1 aromatic rings. The van der Waals surface area contributed by atoms with Crippen molar-refractivity contribution in [2.75, 3.05) is 19.6 Å². The van der Waals surface area contributed by atoms with E-state index in [9.17, 15) is 8.78 Å². The molecule has 1 fully saturated rings. The average molecular weight is 270 g/mol. The number of hydrogen-bond donors (Lipinski definition) is 1. The molecule has 0 aromatic heterocycles. The zero-order chi connectivity index (χ0) is 13.9. The van der Waals surface area contributed by atoms with Crippen molar-refractivity contribution in [3.05, 3.63) is 29.8 Å². The third-order valence-electron chi connectivity index (χ3n) is 3.66. The fourth-order valence-corrected chi connectivity index (χ4v) is 2.51. The maximum atomic E-state index is 12.2. The summed E-state index contributed by atoms with van der Waals surface area (Å²) < 4.78 is 28.7. The van der Waals surface area contributed by atoms with Crippen LogP contribution in [0.4, 0.5) is 8.78 Å². The standard InChI is InChI=1S/C14H20F2N2O/c1-14(9-17)5-6-18(10-14)8-11-3-2-4-12(7-11)19-13(15)16/h2-4,7,13H,5-6,8-10,17H2,1H3. The summed E-state index contributed by atoms with van der Waals surface area (Å²) in [5.74, 6) is 0.216. The van der Waals surface area contributed by atoms with Crippen LogP contribution in [-0.4, -0.2) is 31.1 Å². The molecule has 0 radical (unpaired) electrons. The van der Waals surface area contributed by atoms with Crippen LogP contribution in [0.5, 0.6) is 5.75 Å². The Morgan fingerprint density at radius 2 is 2.26 bits per heavy atom. The SMILES string of the molecule is CC1(CN)CCN(Cc2cccc(OC(F)F)c2)C1. The highest BCUT2D eigenvalue weighted by Crippen LogP contribution is 2.29. The summed E-state index contributed by atoms with van der Waals surface area (Å²) in [4.78, 5) is 2.30. The Balaban J connectivity index is 1.96. The van der Waals surface area contributed by atoms with Crippen molar-refractivity contribution in [2.24, 2.45) is 11.1 Å². The summed E-state index contributed by atoms with van der Waals surface area (Å²) in [6.45, 7) is 2.77.